The Bertz CT molecular complexity index is 1030. The van der Waals surface area contributed by atoms with Crippen LogP contribution in [0.5, 0.6) is 5.75 Å². The van der Waals surface area contributed by atoms with Crippen molar-refractivity contribution in [3.8, 4) is 5.75 Å². The molecule has 3 aromatic rings. The van der Waals surface area contributed by atoms with E-state index in [4.69, 9.17) is 4.74 Å². The summed E-state index contributed by atoms with van der Waals surface area (Å²) < 4.78 is 59.8. The molecule has 0 aliphatic heterocycles. The van der Waals surface area contributed by atoms with Gasteiger partial charge in [0.05, 0.1) is 11.8 Å². The molecule has 31 heavy (non-hydrogen) atoms. The number of nitrogens with one attached hydrogen (secondary N) is 2. The molecular formula is C22H20F4N4O. The number of hydrogen-bond donors (Lipinski definition) is 2. The Morgan fingerprint density at radius 3 is 2.35 bits per heavy atom. The molecule has 0 radical (unpaired) electrons. The molecule has 0 bridgehead atoms. The monoisotopic (exact) mass is 432 g/mol. The predicted octanol–water partition coefficient (Wildman–Crippen LogP) is 6.44. The van der Waals surface area contributed by atoms with Gasteiger partial charge >= 0.3 is 6.18 Å². The molecule has 0 unspecified atom stereocenters. The summed E-state index contributed by atoms with van der Waals surface area (Å²) in [4.78, 5) is 7.79. The van der Waals surface area contributed by atoms with E-state index < -0.39 is 23.4 Å². The first-order valence-electron chi connectivity index (χ1n) is 9.88. The third-order valence-corrected chi connectivity index (χ3v) is 4.93. The molecule has 1 saturated carbocycles. The summed E-state index contributed by atoms with van der Waals surface area (Å²) in [7, 11) is 0. The molecular weight excluding hydrogens is 412 g/mol. The lowest BCUT2D eigenvalue weighted by Crippen LogP contribution is -2.14. The molecule has 1 aliphatic carbocycles. The van der Waals surface area contributed by atoms with Gasteiger partial charge in [0.15, 0.2) is 0 Å². The van der Waals surface area contributed by atoms with Gasteiger partial charge in [-0.3, -0.25) is 0 Å². The minimum atomic E-state index is -4.65. The summed E-state index contributed by atoms with van der Waals surface area (Å²) >= 11 is 0. The van der Waals surface area contributed by atoms with E-state index in [0.717, 1.165) is 25.7 Å². The average molecular weight is 432 g/mol. The molecule has 5 nitrogen and oxygen atoms in total. The van der Waals surface area contributed by atoms with Gasteiger partial charge < -0.3 is 15.4 Å². The van der Waals surface area contributed by atoms with Crippen molar-refractivity contribution in [2.45, 2.75) is 38.0 Å². The van der Waals surface area contributed by atoms with Crippen LogP contribution in [0.2, 0.25) is 0 Å². The molecule has 0 amide bonds. The number of anilines is 4. The fourth-order valence-corrected chi connectivity index (χ4v) is 3.39. The molecule has 1 heterocycles. The van der Waals surface area contributed by atoms with Crippen LogP contribution in [0.1, 0.15) is 31.2 Å². The second-order valence-electron chi connectivity index (χ2n) is 7.23. The van der Waals surface area contributed by atoms with E-state index in [9.17, 15) is 17.6 Å². The van der Waals surface area contributed by atoms with Gasteiger partial charge in [-0.05, 0) is 62.1 Å². The summed E-state index contributed by atoms with van der Waals surface area (Å²) in [5, 5.41) is 5.54. The zero-order valence-corrected chi connectivity index (χ0v) is 16.4. The Kier molecular flexibility index (Phi) is 5.92. The molecule has 9 heteroatoms. The SMILES string of the molecule is Fc1ccc(Nc2ncc(C(F)(F)F)c(Nc3ccccc3OC3CCCC3)n2)cc1. The second-order valence-corrected chi connectivity index (χ2v) is 7.23. The van der Waals surface area contributed by atoms with Crippen LogP contribution in [-0.2, 0) is 6.18 Å². The maximum absolute atomic E-state index is 13.6. The maximum Gasteiger partial charge on any atom is 0.421 e. The van der Waals surface area contributed by atoms with E-state index in [1.54, 1.807) is 24.3 Å². The first-order valence-corrected chi connectivity index (χ1v) is 9.88. The van der Waals surface area contributed by atoms with Crippen LogP contribution in [0.15, 0.2) is 54.7 Å². The minimum Gasteiger partial charge on any atom is -0.488 e. The molecule has 0 spiro atoms. The fraction of sp³-hybridized carbons (Fsp3) is 0.273. The Hall–Kier alpha value is -3.36. The van der Waals surface area contributed by atoms with Gasteiger partial charge in [-0.1, -0.05) is 12.1 Å². The van der Waals surface area contributed by atoms with Crippen LogP contribution in [0.25, 0.3) is 0 Å². The van der Waals surface area contributed by atoms with Crippen LogP contribution >= 0.6 is 0 Å². The van der Waals surface area contributed by atoms with E-state index in [1.807, 2.05) is 0 Å². The Morgan fingerprint density at radius 2 is 1.65 bits per heavy atom. The minimum absolute atomic E-state index is 0.0474. The third kappa shape index (κ3) is 5.22. The predicted molar refractivity (Wildman–Crippen MR) is 109 cm³/mol. The van der Waals surface area contributed by atoms with Crippen molar-refractivity contribution >= 4 is 23.1 Å². The number of alkyl halides is 3. The number of para-hydroxylation sites is 2. The highest BCUT2D eigenvalue weighted by Crippen LogP contribution is 2.37. The second kappa shape index (κ2) is 8.79. The number of ether oxygens (including phenoxy) is 1. The lowest BCUT2D eigenvalue weighted by Gasteiger charge is -2.19. The van der Waals surface area contributed by atoms with Crippen molar-refractivity contribution in [1.82, 2.24) is 9.97 Å². The van der Waals surface area contributed by atoms with E-state index in [-0.39, 0.29) is 12.1 Å². The number of aromatic nitrogens is 2. The molecule has 2 N–H and O–H groups in total. The van der Waals surface area contributed by atoms with Gasteiger partial charge in [-0.2, -0.15) is 18.2 Å². The van der Waals surface area contributed by atoms with Gasteiger partial charge in [0.2, 0.25) is 5.95 Å². The topological polar surface area (TPSA) is 59.1 Å². The molecule has 0 atom stereocenters. The summed E-state index contributed by atoms with van der Waals surface area (Å²) in [5.41, 5.74) is -0.184. The van der Waals surface area contributed by atoms with Crippen molar-refractivity contribution in [3.05, 3.63) is 66.1 Å². The highest BCUT2D eigenvalue weighted by Gasteiger charge is 2.35. The number of benzene rings is 2. The molecule has 1 fully saturated rings. The number of nitrogens with zero attached hydrogens (tertiary/aromatic N) is 2. The highest BCUT2D eigenvalue weighted by atomic mass is 19.4. The van der Waals surface area contributed by atoms with Gasteiger partial charge in [-0.25, -0.2) is 9.37 Å². The van der Waals surface area contributed by atoms with Crippen molar-refractivity contribution in [2.75, 3.05) is 10.6 Å². The quantitative estimate of drug-likeness (QED) is 0.439. The molecule has 1 aliphatic rings. The highest BCUT2D eigenvalue weighted by molar-refractivity contribution is 5.67. The zero-order valence-electron chi connectivity index (χ0n) is 16.4. The van der Waals surface area contributed by atoms with Crippen LogP contribution in [0.4, 0.5) is 40.7 Å². The smallest absolute Gasteiger partial charge is 0.421 e. The molecule has 4 rings (SSSR count). The van der Waals surface area contributed by atoms with E-state index in [1.165, 1.54) is 24.3 Å². The third-order valence-electron chi connectivity index (χ3n) is 4.93. The van der Waals surface area contributed by atoms with Crippen LogP contribution in [-0.4, -0.2) is 16.1 Å². The summed E-state index contributed by atoms with van der Waals surface area (Å²) in [5.74, 6) is -0.430. The van der Waals surface area contributed by atoms with Gasteiger partial charge in [0.25, 0.3) is 0 Å². The van der Waals surface area contributed by atoms with Gasteiger partial charge in [-0.15, -0.1) is 0 Å². The number of hydrogen-bond acceptors (Lipinski definition) is 5. The van der Waals surface area contributed by atoms with Crippen LogP contribution in [0, 0.1) is 5.82 Å². The van der Waals surface area contributed by atoms with Crippen molar-refractivity contribution in [3.63, 3.8) is 0 Å². The molecule has 0 saturated heterocycles. The molecule has 1 aromatic heterocycles. The van der Waals surface area contributed by atoms with Gasteiger partial charge in [0.1, 0.15) is 22.9 Å². The summed E-state index contributed by atoms with van der Waals surface area (Å²) in [6.45, 7) is 0. The summed E-state index contributed by atoms with van der Waals surface area (Å²) in [6.07, 6.45) is 0.0831. The molecule has 162 valence electrons. The van der Waals surface area contributed by atoms with E-state index in [2.05, 4.69) is 20.6 Å². The Morgan fingerprint density at radius 1 is 0.935 bits per heavy atom. The first kappa shape index (κ1) is 20.9. The van der Waals surface area contributed by atoms with Crippen LogP contribution < -0.4 is 15.4 Å². The number of rotatable bonds is 6. The van der Waals surface area contributed by atoms with Gasteiger partial charge in [0, 0.05) is 11.9 Å². The van der Waals surface area contributed by atoms with Crippen LogP contribution in [0.3, 0.4) is 0 Å². The fourth-order valence-electron chi connectivity index (χ4n) is 3.39. The normalized spacial score (nSPS) is 14.5. The first-order chi connectivity index (χ1) is 14.9. The van der Waals surface area contributed by atoms with E-state index in [0.29, 0.717) is 23.3 Å². The van der Waals surface area contributed by atoms with E-state index >= 15 is 0 Å². The maximum atomic E-state index is 13.6. The lowest BCUT2D eigenvalue weighted by molar-refractivity contribution is -0.137. The average Bonchev–Trinajstić information content (AvgIpc) is 3.24. The van der Waals surface area contributed by atoms with Crippen molar-refractivity contribution in [1.29, 1.82) is 0 Å². The lowest BCUT2D eigenvalue weighted by atomic mass is 10.2. The Labute approximate surface area is 176 Å². The van der Waals surface area contributed by atoms with Crippen molar-refractivity contribution in [2.24, 2.45) is 0 Å². The summed E-state index contributed by atoms with van der Waals surface area (Å²) in [6, 6.07) is 12.1. The Balaban J connectivity index is 1.63. The standard InChI is InChI=1S/C22H20F4N4O/c23-14-9-11-15(12-10-14)28-21-27-13-17(22(24,25)26)20(30-21)29-18-7-3-4-8-19(18)31-16-5-1-2-6-16/h3-4,7-13,16H,1-2,5-6H2,(H2,27,28,29,30). The largest absolute Gasteiger partial charge is 0.488 e. The van der Waals surface area contributed by atoms with Crippen molar-refractivity contribution < 1.29 is 22.3 Å². The molecule has 2 aromatic carbocycles. The number of halogens is 4. The zero-order chi connectivity index (χ0) is 21.8.